The van der Waals surface area contributed by atoms with Crippen LogP contribution in [0.15, 0.2) is 0 Å². The van der Waals surface area contributed by atoms with Gasteiger partial charge >= 0.3 is 5.97 Å². The quantitative estimate of drug-likeness (QED) is 0.717. The van der Waals surface area contributed by atoms with Crippen LogP contribution in [0, 0.1) is 5.92 Å². The molecule has 96 valence electrons. The van der Waals surface area contributed by atoms with Crippen molar-refractivity contribution in [2.24, 2.45) is 5.92 Å². The number of nitrogens with zero attached hydrogens (tertiary/aromatic N) is 1. The van der Waals surface area contributed by atoms with Crippen molar-refractivity contribution in [3.63, 3.8) is 0 Å². The lowest BCUT2D eigenvalue weighted by Crippen LogP contribution is -2.48. The van der Waals surface area contributed by atoms with Crippen LogP contribution in [0.25, 0.3) is 0 Å². The fraction of sp³-hybridized carbons (Fsp3) is 0.727. The van der Waals surface area contributed by atoms with Crippen molar-refractivity contribution in [3.05, 3.63) is 0 Å². The Morgan fingerprint density at radius 3 is 2.71 bits per heavy atom. The van der Waals surface area contributed by atoms with Crippen LogP contribution in [0.5, 0.6) is 0 Å². The summed E-state index contributed by atoms with van der Waals surface area (Å²) in [6.45, 7) is 3.73. The van der Waals surface area contributed by atoms with Gasteiger partial charge in [0.25, 0.3) is 0 Å². The van der Waals surface area contributed by atoms with Crippen LogP contribution in [0.3, 0.4) is 0 Å². The van der Waals surface area contributed by atoms with Gasteiger partial charge in [-0.1, -0.05) is 0 Å². The maximum absolute atomic E-state index is 11.5. The number of amides is 2. The Bertz CT molecular complexity index is 327. The Labute approximate surface area is 100.0 Å². The molecule has 0 aliphatic carbocycles. The van der Waals surface area contributed by atoms with Crippen LogP contribution in [0.1, 0.15) is 26.7 Å². The number of rotatable bonds is 4. The lowest BCUT2D eigenvalue weighted by Gasteiger charge is -2.30. The van der Waals surface area contributed by atoms with E-state index < -0.39 is 11.9 Å². The van der Waals surface area contributed by atoms with Crippen molar-refractivity contribution in [2.45, 2.75) is 32.7 Å². The van der Waals surface area contributed by atoms with Crippen molar-refractivity contribution in [1.82, 2.24) is 10.2 Å². The first kappa shape index (κ1) is 13.5. The molecule has 0 aromatic heterocycles. The molecular weight excluding hydrogens is 224 g/mol. The van der Waals surface area contributed by atoms with Gasteiger partial charge in [-0.05, 0) is 20.3 Å². The molecule has 1 unspecified atom stereocenters. The molecule has 2 amide bonds. The number of carboxylic acids is 1. The lowest BCUT2D eigenvalue weighted by molar-refractivity contribution is -0.149. The molecule has 1 fully saturated rings. The average Bonchev–Trinajstić information content (AvgIpc) is 2.19. The summed E-state index contributed by atoms with van der Waals surface area (Å²) in [6.07, 6.45) is 0.558. The van der Waals surface area contributed by atoms with E-state index in [9.17, 15) is 14.4 Å². The Hall–Kier alpha value is -1.59. The fourth-order valence-electron chi connectivity index (χ4n) is 1.81. The summed E-state index contributed by atoms with van der Waals surface area (Å²) in [7, 11) is 0. The summed E-state index contributed by atoms with van der Waals surface area (Å²) in [5.41, 5.74) is 0. The molecule has 0 aromatic rings. The second-order valence-electron chi connectivity index (χ2n) is 4.57. The molecule has 1 atom stereocenters. The summed E-state index contributed by atoms with van der Waals surface area (Å²) < 4.78 is 0. The predicted octanol–water partition coefficient (Wildman–Crippen LogP) is -0.166. The highest BCUT2D eigenvalue weighted by molar-refractivity contribution is 5.86. The molecule has 1 heterocycles. The van der Waals surface area contributed by atoms with Crippen molar-refractivity contribution in [1.29, 1.82) is 0 Å². The smallest absolute Gasteiger partial charge is 0.308 e. The van der Waals surface area contributed by atoms with Crippen LogP contribution < -0.4 is 5.32 Å². The summed E-state index contributed by atoms with van der Waals surface area (Å²) in [5.74, 6) is -1.87. The first-order valence-corrected chi connectivity index (χ1v) is 5.70. The maximum Gasteiger partial charge on any atom is 0.308 e. The zero-order valence-corrected chi connectivity index (χ0v) is 10.1. The molecule has 6 nitrogen and oxygen atoms in total. The topological polar surface area (TPSA) is 86.7 Å². The van der Waals surface area contributed by atoms with E-state index in [1.54, 1.807) is 0 Å². The Balaban J connectivity index is 2.53. The van der Waals surface area contributed by atoms with E-state index in [0.29, 0.717) is 6.42 Å². The minimum Gasteiger partial charge on any atom is -0.481 e. The standard InChI is InChI=1S/C11H18N2O4/c1-7(2)12-9(14)6-13-5-8(11(16)17)3-4-10(13)15/h7-8H,3-6H2,1-2H3,(H,12,14)(H,16,17). The van der Waals surface area contributed by atoms with E-state index in [4.69, 9.17) is 5.11 Å². The molecule has 2 N–H and O–H groups in total. The third kappa shape index (κ3) is 4.05. The first-order chi connectivity index (χ1) is 7.90. The summed E-state index contributed by atoms with van der Waals surface area (Å²) in [6, 6.07) is 0.0117. The number of carboxylic acid groups (broad SMARTS) is 1. The predicted molar refractivity (Wildman–Crippen MR) is 60.2 cm³/mol. The molecule has 0 spiro atoms. The van der Waals surface area contributed by atoms with Gasteiger partial charge < -0.3 is 15.3 Å². The van der Waals surface area contributed by atoms with Gasteiger partial charge in [-0.15, -0.1) is 0 Å². The van der Waals surface area contributed by atoms with Crippen LogP contribution in [-0.4, -0.2) is 46.9 Å². The lowest BCUT2D eigenvalue weighted by atomic mass is 9.98. The number of nitrogens with one attached hydrogen (secondary N) is 1. The molecule has 17 heavy (non-hydrogen) atoms. The first-order valence-electron chi connectivity index (χ1n) is 5.70. The molecule has 0 radical (unpaired) electrons. The summed E-state index contributed by atoms with van der Waals surface area (Å²) in [5, 5.41) is 11.6. The van der Waals surface area contributed by atoms with Gasteiger partial charge in [0.2, 0.25) is 11.8 Å². The van der Waals surface area contributed by atoms with E-state index in [1.165, 1.54) is 4.90 Å². The molecular formula is C11H18N2O4. The largest absolute Gasteiger partial charge is 0.481 e. The number of piperidine rings is 1. The van der Waals surface area contributed by atoms with Gasteiger partial charge in [-0.3, -0.25) is 14.4 Å². The second-order valence-corrected chi connectivity index (χ2v) is 4.57. The zero-order valence-electron chi connectivity index (χ0n) is 10.1. The fourth-order valence-corrected chi connectivity index (χ4v) is 1.81. The Morgan fingerprint density at radius 2 is 2.18 bits per heavy atom. The molecule has 0 bridgehead atoms. The number of likely N-dealkylation sites (tertiary alicyclic amines) is 1. The van der Waals surface area contributed by atoms with E-state index >= 15 is 0 Å². The molecule has 1 rings (SSSR count). The monoisotopic (exact) mass is 242 g/mol. The van der Waals surface area contributed by atoms with Crippen LogP contribution in [0.2, 0.25) is 0 Å². The average molecular weight is 242 g/mol. The van der Waals surface area contributed by atoms with Gasteiger partial charge in [0.15, 0.2) is 0 Å². The van der Waals surface area contributed by atoms with Crippen LogP contribution >= 0.6 is 0 Å². The van der Waals surface area contributed by atoms with E-state index in [2.05, 4.69) is 5.32 Å². The number of aliphatic carboxylic acids is 1. The van der Waals surface area contributed by atoms with Gasteiger partial charge in [-0.2, -0.15) is 0 Å². The van der Waals surface area contributed by atoms with E-state index in [0.717, 1.165) is 0 Å². The molecule has 1 saturated heterocycles. The normalized spacial score (nSPS) is 20.5. The zero-order chi connectivity index (χ0) is 13.0. The van der Waals surface area contributed by atoms with Crippen molar-refractivity contribution < 1.29 is 19.5 Å². The van der Waals surface area contributed by atoms with Crippen molar-refractivity contribution in [3.8, 4) is 0 Å². The number of carbonyl (C=O) groups excluding carboxylic acids is 2. The number of hydrogen-bond donors (Lipinski definition) is 2. The minimum atomic E-state index is -0.910. The Morgan fingerprint density at radius 1 is 1.53 bits per heavy atom. The molecule has 1 aliphatic heterocycles. The van der Waals surface area contributed by atoms with Crippen LogP contribution in [-0.2, 0) is 14.4 Å². The summed E-state index contributed by atoms with van der Waals surface area (Å²) >= 11 is 0. The van der Waals surface area contributed by atoms with Gasteiger partial charge in [0, 0.05) is 19.0 Å². The third-order valence-corrected chi connectivity index (χ3v) is 2.63. The molecule has 1 aliphatic rings. The minimum absolute atomic E-state index is 0.0117. The van der Waals surface area contributed by atoms with Crippen LogP contribution in [0.4, 0.5) is 0 Å². The molecule has 0 aromatic carbocycles. The highest BCUT2D eigenvalue weighted by Gasteiger charge is 2.30. The number of carbonyl (C=O) groups is 3. The van der Waals surface area contributed by atoms with Gasteiger partial charge in [-0.25, -0.2) is 0 Å². The van der Waals surface area contributed by atoms with Crippen molar-refractivity contribution in [2.75, 3.05) is 13.1 Å². The number of hydrogen-bond acceptors (Lipinski definition) is 3. The molecule has 0 saturated carbocycles. The second kappa shape index (κ2) is 5.65. The summed E-state index contributed by atoms with van der Waals surface area (Å²) in [4.78, 5) is 35.2. The van der Waals surface area contributed by atoms with Gasteiger partial charge in [0.1, 0.15) is 0 Å². The third-order valence-electron chi connectivity index (χ3n) is 2.63. The van der Waals surface area contributed by atoms with Gasteiger partial charge in [0.05, 0.1) is 12.5 Å². The highest BCUT2D eigenvalue weighted by Crippen LogP contribution is 2.17. The molecule has 6 heteroatoms. The van der Waals surface area contributed by atoms with E-state index in [1.807, 2.05) is 13.8 Å². The SMILES string of the molecule is CC(C)NC(=O)CN1CC(C(=O)O)CCC1=O. The Kier molecular flexibility index (Phi) is 4.48. The maximum atomic E-state index is 11.5. The highest BCUT2D eigenvalue weighted by atomic mass is 16.4. The van der Waals surface area contributed by atoms with Crippen molar-refractivity contribution >= 4 is 17.8 Å². The van der Waals surface area contributed by atoms with E-state index in [-0.39, 0.29) is 37.4 Å².